The van der Waals surface area contributed by atoms with Gasteiger partial charge in [-0.2, -0.15) is 0 Å². The second kappa shape index (κ2) is 10.5. The molecule has 0 fully saturated rings. The SMILES string of the molecule is CCn1c(COc2ccc(C(C)(C)C)cc2)nnc1SCC(=O)NCc1ccccc1. The first kappa shape index (κ1) is 22.9. The summed E-state index contributed by atoms with van der Waals surface area (Å²) in [6, 6.07) is 18.0. The van der Waals surface area contributed by atoms with Crippen molar-refractivity contribution in [1.82, 2.24) is 20.1 Å². The minimum atomic E-state index is -0.0313. The zero-order valence-electron chi connectivity index (χ0n) is 18.6. The molecule has 1 heterocycles. The van der Waals surface area contributed by atoms with Crippen molar-refractivity contribution in [2.75, 3.05) is 5.75 Å². The molecule has 0 saturated carbocycles. The van der Waals surface area contributed by atoms with Crippen molar-refractivity contribution in [2.24, 2.45) is 0 Å². The second-order valence-electron chi connectivity index (χ2n) is 8.26. The molecular weight excluding hydrogens is 408 g/mol. The summed E-state index contributed by atoms with van der Waals surface area (Å²) < 4.78 is 7.90. The number of nitrogens with one attached hydrogen (secondary N) is 1. The Labute approximate surface area is 188 Å². The van der Waals surface area contributed by atoms with Crippen molar-refractivity contribution >= 4 is 17.7 Å². The minimum Gasteiger partial charge on any atom is -0.486 e. The first-order chi connectivity index (χ1) is 14.9. The molecule has 0 unspecified atom stereocenters. The highest BCUT2D eigenvalue weighted by Crippen LogP contribution is 2.25. The summed E-state index contributed by atoms with van der Waals surface area (Å²) in [6.45, 7) is 10.2. The van der Waals surface area contributed by atoms with Gasteiger partial charge in [0.15, 0.2) is 11.0 Å². The van der Waals surface area contributed by atoms with Gasteiger partial charge < -0.3 is 14.6 Å². The van der Waals surface area contributed by atoms with Gasteiger partial charge in [0.1, 0.15) is 12.4 Å². The third kappa shape index (κ3) is 6.59. The van der Waals surface area contributed by atoms with Crippen molar-refractivity contribution in [1.29, 1.82) is 0 Å². The van der Waals surface area contributed by atoms with E-state index in [0.717, 1.165) is 22.3 Å². The van der Waals surface area contributed by atoms with Crippen LogP contribution in [0.15, 0.2) is 59.8 Å². The van der Waals surface area contributed by atoms with Crippen LogP contribution in [0.3, 0.4) is 0 Å². The van der Waals surface area contributed by atoms with Crippen LogP contribution in [0.1, 0.15) is 44.6 Å². The monoisotopic (exact) mass is 438 g/mol. The fourth-order valence-corrected chi connectivity index (χ4v) is 3.88. The number of rotatable bonds is 9. The van der Waals surface area contributed by atoms with E-state index in [0.29, 0.717) is 25.4 Å². The Balaban J connectivity index is 1.52. The lowest BCUT2D eigenvalue weighted by Crippen LogP contribution is -2.24. The van der Waals surface area contributed by atoms with Gasteiger partial charge in [0.25, 0.3) is 0 Å². The van der Waals surface area contributed by atoms with Gasteiger partial charge >= 0.3 is 0 Å². The van der Waals surface area contributed by atoms with Crippen LogP contribution >= 0.6 is 11.8 Å². The first-order valence-electron chi connectivity index (χ1n) is 10.5. The molecule has 164 valence electrons. The Bertz CT molecular complexity index is 979. The summed E-state index contributed by atoms with van der Waals surface area (Å²) >= 11 is 1.38. The largest absolute Gasteiger partial charge is 0.486 e. The molecule has 2 aromatic carbocycles. The number of benzene rings is 2. The number of hydrogen-bond donors (Lipinski definition) is 1. The predicted molar refractivity (Wildman–Crippen MR) is 124 cm³/mol. The summed E-state index contributed by atoms with van der Waals surface area (Å²) in [5, 5.41) is 12.2. The van der Waals surface area contributed by atoms with Crippen molar-refractivity contribution in [2.45, 2.75) is 58.0 Å². The number of amides is 1. The Morgan fingerprint density at radius 2 is 1.77 bits per heavy atom. The third-order valence-electron chi connectivity index (χ3n) is 4.86. The van der Waals surface area contributed by atoms with E-state index >= 15 is 0 Å². The molecule has 0 spiro atoms. The molecular formula is C24H30N4O2S. The van der Waals surface area contributed by atoms with Crippen LogP contribution in [0.2, 0.25) is 0 Å². The topological polar surface area (TPSA) is 69.0 Å². The number of thioether (sulfide) groups is 1. The van der Waals surface area contributed by atoms with Gasteiger partial charge in [0, 0.05) is 13.1 Å². The van der Waals surface area contributed by atoms with E-state index < -0.39 is 0 Å². The van der Waals surface area contributed by atoms with Gasteiger partial charge in [0.2, 0.25) is 5.91 Å². The van der Waals surface area contributed by atoms with E-state index in [1.165, 1.54) is 17.3 Å². The molecule has 0 radical (unpaired) electrons. The fourth-order valence-electron chi connectivity index (χ4n) is 3.03. The van der Waals surface area contributed by atoms with Gasteiger partial charge in [-0.3, -0.25) is 4.79 Å². The van der Waals surface area contributed by atoms with Crippen molar-refractivity contribution in [3.8, 4) is 5.75 Å². The molecule has 7 heteroatoms. The van der Waals surface area contributed by atoms with Gasteiger partial charge in [-0.15, -0.1) is 10.2 Å². The van der Waals surface area contributed by atoms with Crippen molar-refractivity contribution in [3.63, 3.8) is 0 Å². The average Bonchev–Trinajstić information content (AvgIpc) is 3.17. The summed E-state index contributed by atoms with van der Waals surface area (Å²) in [5.74, 6) is 1.80. The molecule has 1 amide bonds. The van der Waals surface area contributed by atoms with Gasteiger partial charge in [-0.1, -0.05) is 75.0 Å². The Morgan fingerprint density at radius 1 is 1.06 bits per heavy atom. The van der Waals surface area contributed by atoms with Gasteiger partial charge in [-0.25, -0.2) is 0 Å². The van der Waals surface area contributed by atoms with E-state index in [4.69, 9.17) is 4.74 Å². The van der Waals surface area contributed by atoms with E-state index in [1.54, 1.807) is 0 Å². The summed E-state index contributed by atoms with van der Waals surface area (Å²) in [5.41, 5.74) is 2.45. The zero-order chi connectivity index (χ0) is 22.3. The molecule has 0 atom stereocenters. The Morgan fingerprint density at radius 3 is 2.42 bits per heavy atom. The highest BCUT2D eigenvalue weighted by molar-refractivity contribution is 7.99. The average molecular weight is 439 g/mol. The molecule has 0 aliphatic heterocycles. The first-order valence-corrected chi connectivity index (χ1v) is 11.4. The maximum absolute atomic E-state index is 12.2. The van der Waals surface area contributed by atoms with Crippen LogP contribution in [0.5, 0.6) is 5.75 Å². The van der Waals surface area contributed by atoms with Crippen LogP contribution in [0.25, 0.3) is 0 Å². The molecule has 3 aromatic rings. The predicted octanol–water partition coefficient (Wildman–Crippen LogP) is 4.58. The molecule has 31 heavy (non-hydrogen) atoms. The van der Waals surface area contributed by atoms with E-state index in [1.807, 2.05) is 54.0 Å². The molecule has 1 N–H and O–H groups in total. The number of aromatic nitrogens is 3. The molecule has 0 aliphatic rings. The third-order valence-corrected chi connectivity index (χ3v) is 5.83. The second-order valence-corrected chi connectivity index (χ2v) is 9.20. The molecule has 0 aliphatic carbocycles. The summed E-state index contributed by atoms with van der Waals surface area (Å²) in [6.07, 6.45) is 0. The molecule has 3 rings (SSSR count). The van der Waals surface area contributed by atoms with E-state index in [9.17, 15) is 4.79 Å². The highest BCUT2D eigenvalue weighted by Gasteiger charge is 2.15. The molecule has 0 saturated heterocycles. The number of nitrogens with zero attached hydrogens (tertiary/aromatic N) is 3. The maximum atomic E-state index is 12.2. The van der Waals surface area contributed by atoms with Crippen LogP contribution in [-0.2, 0) is 29.9 Å². The number of hydrogen-bond acceptors (Lipinski definition) is 5. The Kier molecular flexibility index (Phi) is 7.74. The summed E-state index contributed by atoms with van der Waals surface area (Å²) in [4.78, 5) is 12.2. The molecule has 1 aromatic heterocycles. The van der Waals surface area contributed by atoms with Crippen LogP contribution in [-0.4, -0.2) is 26.4 Å². The highest BCUT2D eigenvalue weighted by atomic mass is 32.2. The lowest BCUT2D eigenvalue weighted by Gasteiger charge is -2.19. The van der Waals surface area contributed by atoms with E-state index in [-0.39, 0.29) is 11.3 Å². The minimum absolute atomic E-state index is 0.0313. The summed E-state index contributed by atoms with van der Waals surface area (Å²) in [7, 11) is 0. The van der Waals surface area contributed by atoms with Crippen molar-refractivity contribution < 1.29 is 9.53 Å². The van der Waals surface area contributed by atoms with Gasteiger partial charge in [0.05, 0.1) is 5.75 Å². The smallest absolute Gasteiger partial charge is 0.230 e. The molecule has 0 bridgehead atoms. The zero-order valence-corrected chi connectivity index (χ0v) is 19.4. The number of ether oxygens (including phenoxy) is 1. The lowest BCUT2D eigenvalue weighted by molar-refractivity contribution is -0.118. The quantitative estimate of drug-likeness (QED) is 0.495. The van der Waals surface area contributed by atoms with Crippen LogP contribution in [0, 0.1) is 0 Å². The van der Waals surface area contributed by atoms with Crippen molar-refractivity contribution in [3.05, 3.63) is 71.5 Å². The van der Waals surface area contributed by atoms with E-state index in [2.05, 4.69) is 48.4 Å². The lowest BCUT2D eigenvalue weighted by atomic mass is 9.87. The Hall–Kier alpha value is -2.80. The van der Waals surface area contributed by atoms with Gasteiger partial charge in [-0.05, 0) is 35.6 Å². The normalized spacial score (nSPS) is 11.4. The standard InChI is InChI=1S/C24H30N4O2S/c1-5-28-21(16-30-20-13-11-19(12-14-20)24(2,3)4)26-27-23(28)31-17-22(29)25-15-18-9-7-6-8-10-18/h6-14H,5,15-17H2,1-4H3,(H,25,29). The maximum Gasteiger partial charge on any atom is 0.230 e. The van der Waals surface area contributed by atoms with Crippen LogP contribution in [0.4, 0.5) is 0 Å². The molecule has 6 nitrogen and oxygen atoms in total. The number of carbonyl (C=O) groups is 1. The van der Waals surface area contributed by atoms with Crippen LogP contribution < -0.4 is 10.1 Å². The fraction of sp³-hybridized carbons (Fsp3) is 0.375. The number of carbonyl (C=O) groups excluding carboxylic acids is 1.